The van der Waals surface area contributed by atoms with Gasteiger partial charge in [0.1, 0.15) is 5.75 Å². The van der Waals surface area contributed by atoms with Crippen molar-refractivity contribution < 1.29 is 14.5 Å². The van der Waals surface area contributed by atoms with Gasteiger partial charge in [-0.1, -0.05) is 30.3 Å². The highest BCUT2D eigenvalue weighted by Crippen LogP contribution is 2.37. The van der Waals surface area contributed by atoms with Crippen molar-refractivity contribution >= 4 is 46.0 Å². The molecule has 0 unspecified atom stereocenters. The van der Waals surface area contributed by atoms with Gasteiger partial charge in [0.05, 0.1) is 28.3 Å². The molecule has 3 aromatic rings. The number of carbonyl (C=O) groups is 1. The number of hydrogen-bond acceptors (Lipinski definition) is 6. The molecule has 1 aliphatic heterocycles. The van der Waals surface area contributed by atoms with Crippen LogP contribution in [0.1, 0.15) is 5.56 Å². The lowest BCUT2D eigenvalue weighted by atomic mass is 10.2. The van der Waals surface area contributed by atoms with Crippen molar-refractivity contribution in [1.82, 2.24) is 0 Å². The summed E-state index contributed by atoms with van der Waals surface area (Å²) in [6.07, 6.45) is 1.65. The van der Waals surface area contributed by atoms with Gasteiger partial charge in [0.15, 0.2) is 5.17 Å². The number of non-ortho nitro benzene ring substituents is 1. The van der Waals surface area contributed by atoms with E-state index in [1.165, 1.54) is 28.8 Å². The normalized spacial score (nSPS) is 16.2. The summed E-state index contributed by atoms with van der Waals surface area (Å²) in [4.78, 5) is 30.5. The number of nitro benzene ring substituents is 1. The Morgan fingerprint density at radius 3 is 2.45 bits per heavy atom. The van der Waals surface area contributed by atoms with Crippen LogP contribution in [0.4, 0.5) is 17.1 Å². The lowest BCUT2D eigenvalue weighted by Crippen LogP contribution is -2.28. The van der Waals surface area contributed by atoms with Gasteiger partial charge in [-0.2, -0.15) is 0 Å². The zero-order chi connectivity index (χ0) is 21.8. The molecule has 0 bridgehead atoms. The predicted octanol–water partition coefficient (Wildman–Crippen LogP) is 5.41. The van der Waals surface area contributed by atoms with Gasteiger partial charge in [0.25, 0.3) is 11.6 Å². The molecule has 1 heterocycles. The van der Waals surface area contributed by atoms with Crippen LogP contribution in [0.5, 0.6) is 5.75 Å². The first-order valence-electron chi connectivity index (χ1n) is 9.31. The molecule has 1 fully saturated rings. The van der Waals surface area contributed by atoms with Crippen molar-refractivity contribution in [2.75, 3.05) is 12.0 Å². The summed E-state index contributed by atoms with van der Waals surface area (Å²) in [7, 11) is 1.59. The maximum Gasteiger partial charge on any atom is 0.271 e. The largest absolute Gasteiger partial charge is 0.497 e. The molecular formula is C23H17N3O4S. The summed E-state index contributed by atoms with van der Waals surface area (Å²) < 4.78 is 5.18. The maximum absolute atomic E-state index is 13.2. The van der Waals surface area contributed by atoms with Crippen molar-refractivity contribution in [3.63, 3.8) is 0 Å². The maximum atomic E-state index is 13.2. The number of para-hydroxylation sites is 1. The highest BCUT2D eigenvalue weighted by Gasteiger charge is 2.34. The van der Waals surface area contributed by atoms with Gasteiger partial charge in [-0.25, -0.2) is 4.99 Å². The van der Waals surface area contributed by atoms with Crippen LogP contribution in [-0.2, 0) is 4.79 Å². The number of nitro groups is 1. The number of ether oxygens (including phenoxy) is 1. The van der Waals surface area contributed by atoms with E-state index < -0.39 is 4.92 Å². The quantitative estimate of drug-likeness (QED) is 0.306. The fourth-order valence-corrected chi connectivity index (χ4v) is 4.00. The zero-order valence-electron chi connectivity index (χ0n) is 16.5. The van der Waals surface area contributed by atoms with E-state index in [1.54, 1.807) is 37.5 Å². The van der Waals surface area contributed by atoms with Gasteiger partial charge in [0.2, 0.25) is 0 Å². The van der Waals surface area contributed by atoms with Crippen molar-refractivity contribution in [3.05, 3.63) is 99.4 Å². The fourth-order valence-electron chi connectivity index (χ4n) is 3.00. The van der Waals surface area contributed by atoms with Crippen molar-refractivity contribution in [2.45, 2.75) is 0 Å². The molecule has 7 nitrogen and oxygen atoms in total. The Morgan fingerprint density at radius 2 is 1.77 bits per heavy atom. The van der Waals surface area contributed by atoms with E-state index in [2.05, 4.69) is 4.99 Å². The number of methoxy groups -OCH3 is 1. The molecule has 0 N–H and O–H groups in total. The van der Waals surface area contributed by atoms with E-state index >= 15 is 0 Å². The van der Waals surface area contributed by atoms with Crippen LogP contribution >= 0.6 is 11.8 Å². The number of rotatable bonds is 5. The van der Waals surface area contributed by atoms with Gasteiger partial charge in [-0.05, 0) is 59.8 Å². The molecule has 154 valence electrons. The number of benzene rings is 3. The summed E-state index contributed by atoms with van der Waals surface area (Å²) in [5, 5.41) is 11.6. The molecule has 0 aliphatic carbocycles. The van der Waals surface area contributed by atoms with E-state index in [4.69, 9.17) is 4.74 Å². The summed E-state index contributed by atoms with van der Waals surface area (Å²) in [5.41, 5.74) is 1.91. The Balaban J connectivity index is 1.74. The molecule has 0 saturated carbocycles. The number of nitrogens with zero attached hydrogens (tertiary/aromatic N) is 3. The van der Waals surface area contributed by atoms with Crippen LogP contribution in [0.2, 0.25) is 0 Å². The minimum Gasteiger partial charge on any atom is -0.497 e. The average Bonchev–Trinajstić information content (AvgIpc) is 3.09. The second-order valence-corrected chi connectivity index (χ2v) is 7.54. The van der Waals surface area contributed by atoms with Crippen molar-refractivity contribution in [1.29, 1.82) is 0 Å². The summed E-state index contributed by atoms with van der Waals surface area (Å²) >= 11 is 1.22. The summed E-state index contributed by atoms with van der Waals surface area (Å²) in [5.74, 6) is 0.472. The van der Waals surface area contributed by atoms with E-state index in [9.17, 15) is 14.9 Å². The molecule has 31 heavy (non-hydrogen) atoms. The molecule has 1 amide bonds. The Hall–Kier alpha value is -3.91. The van der Waals surface area contributed by atoms with Crippen LogP contribution in [0.15, 0.2) is 88.8 Å². The number of hydrogen-bond donors (Lipinski definition) is 0. The van der Waals surface area contributed by atoms with Crippen molar-refractivity contribution in [2.24, 2.45) is 4.99 Å². The number of amidine groups is 1. The zero-order valence-corrected chi connectivity index (χ0v) is 17.3. The molecule has 0 spiro atoms. The number of amides is 1. The van der Waals surface area contributed by atoms with Crippen LogP contribution in [-0.4, -0.2) is 23.1 Å². The minimum atomic E-state index is -0.460. The van der Waals surface area contributed by atoms with Crippen molar-refractivity contribution in [3.8, 4) is 5.75 Å². The standard InChI is InChI=1S/C23H17N3O4S/c1-30-20-12-10-17(11-13-20)24-23-25(18-7-3-2-4-8-18)22(27)21(31-23)15-16-6-5-9-19(14-16)26(28)29/h2-15H,1H3. The molecule has 0 atom stereocenters. The lowest BCUT2D eigenvalue weighted by Gasteiger charge is -2.15. The van der Waals surface area contributed by atoms with E-state index in [0.29, 0.717) is 32.8 Å². The SMILES string of the molecule is COc1ccc(N=C2SC(=Cc3cccc([N+](=O)[O-])c3)C(=O)N2c2ccccc2)cc1. The van der Waals surface area contributed by atoms with Gasteiger partial charge in [-0.3, -0.25) is 19.8 Å². The second kappa shape index (κ2) is 8.85. The third-order valence-corrected chi connectivity index (χ3v) is 5.47. The van der Waals surface area contributed by atoms with Gasteiger partial charge < -0.3 is 4.74 Å². The smallest absolute Gasteiger partial charge is 0.271 e. The van der Waals surface area contributed by atoms with Gasteiger partial charge in [0, 0.05) is 12.1 Å². The summed E-state index contributed by atoms with van der Waals surface area (Å²) in [6, 6.07) is 22.6. The molecule has 0 radical (unpaired) electrons. The molecule has 4 rings (SSSR count). The first-order chi connectivity index (χ1) is 15.0. The fraction of sp³-hybridized carbons (Fsp3) is 0.0435. The third-order valence-electron chi connectivity index (χ3n) is 4.50. The van der Waals surface area contributed by atoms with Crippen LogP contribution in [0, 0.1) is 10.1 Å². The highest BCUT2D eigenvalue weighted by atomic mass is 32.2. The van der Waals surface area contributed by atoms with Crippen LogP contribution in [0.25, 0.3) is 6.08 Å². The molecule has 1 aliphatic rings. The monoisotopic (exact) mass is 431 g/mol. The Kier molecular flexibility index (Phi) is 5.81. The van der Waals surface area contributed by atoms with Gasteiger partial charge in [-0.15, -0.1) is 0 Å². The number of carbonyl (C=O) groups excluding carboxylic acids is 1. The topological polar surface area (TPSA) is 85.0 Å². The Bertz CT molecular complexity index is 1190. The molecule has 3 aromatic carbocycles. The highest BCUT2D eigenvalue weighted by molar-refractivity contribution is 8.19. The Morgan fingerprint density at radius 1 is 1.03 bits per heavy atom. The lowest BCUT2D eigenvalue weighted by molar-refractivity contribution is -0.384. The summed E-state index contributed by atoms with van der Waals surface area (Å²) in [6.45, 7) is 0. The first kappa shape index (κ1) is 20.4. The third kappa shape index (κ3) is 4.49. The van der Waals surface area contributed by atoms with Gasteiger partial charge >= 0.3 is 0 Å². The molecule has 1 saturated heterocycles. The Labute approximate surface area is 182 Å². The second-order valence-electron chi connectivity index (χ2n) is 6.53. The number of aliphatic imine (C=N–C) groups is 1. The van der Waals surface area contributed by atoms with E-state index in [-0.39, 0.29) is 11.6 Å². The molecular weight excluding hydrogens is 414 g/mol. The minimum absolute atomic E-state index is 0.0307. The van der Waals surface area contributed by atoms with Crippen LogP contribution < -0.4 is 9.64 Å². The number of thioether (sulfide) groups is 1. The first-order valence-corrected chi connectivity index (χ1v) is 10.1. The molecule has 0 aromatic heterocycles. The van der Waals surface area contributed by atoms with E-state index in [1.807, 2.05) is 42.5 Å². The average molecular weight is 431 g/mol. The van der Waals surface area contributed by atoms with Crippen LogP contribution in [0.3, 0.4) is 0 Å². The predicted molar refractivity (Wildman–Crippen MR) is 123 cm³/mol. The van der Waals surface area contributed by atoms with E-state index in [0.717, 1.165) is 0 Å². The number of anilines is 1. The molecule has 8 heteroatoms.